The minimum atomic E-state index is -0.386. The minimum absolute atomic E-state index is 0.0454. The van der Waals surface area contributed by atoms with Crippen LogP contribution in [0.3, 0.4) is 0 Å². The molecule has 2 amide bonds. The maximum absolute atomic E-state index is 12.8. The van der Waals surface area contributed by atoms with Gasteiger partial charge in [-0.15, -0.1) is 0 Å². The second kappa shape index (κ2) is 8.07. The number of nitrogens with one attached hydrogen (secondary N) is 1. The summed E-state index contributed by atoms with van der Waals surface area (Å²) in [6.45, 7) is 4.74. The zero-order valence-corrected chi connectivity index (χ0v) is 20.2. The van der Waals surface area contributed by atoms with Gasteiger partial charge in [0.25, 0.3) is 0 Å². The summed E-state index contributed by atoms with van der Waals surface area (Å²) < 4.78 is 10.8. The van der Waals surface area contributed by atoms with Crippen LogP contribution in [0.1, 0.15) is 52.4 Å². The number of benzene rings is 1. The highest BCUT2D eigenvalue weighted by molar-refractivity contribution is 5.89. The highest BCUT2D eigenvalue weighted by atomic mass is 16.6. The largest absolute Gasteiger partial charge is 0.497 e. The first-order chi connectivity index (χ1) is 15.8. The molecule has 0 spiro atoms. The van der Waals surface area contributed by atoms with Crippen LogP contribution in [0, 0.1) is 28.6 Å². The Labute approximate surface area is 196 Å². The number of methoxy groups -OCH3 is 1. The van der Waals surface area contributed by atoms with Crippen molar-refractivity contribution < 1.29 is 19.1 Å². The number of amides is 2. The van der Waals surface area contributed by atoms with Gasteiger partial charge >= 0.3 is 6.09 Å². The van der Waals surface area contributed by atoms with E-state index in [1.165, 1.54) is 0 Å². The van der Waals surface area contributed by atoms with Crippen LogP contribution in [-0.4, -0.2) is 43.1 Å². The lowest BCUT2D eigenvalue weighted by Crippen LogP contribution is -2.60. The van der Waals surface area contributed by atoms with E-state index in [-0.39, 0.29) is 28.9 Å². The van der Waals surface area contributed by atoms with Crippen LogP contribution in [0.2, 0.25) is 0 Å². The van der Waals surface area contributed by atoms with Gasteiger partial charge in [-0.1, -0.05) is 26.0 Å². The van der Waals surface area contributed by atoms with Crippen molar-refractivity contribution in [2.24, 2.45) is 28.6 Å². The Hall–Kier alpha value is -2.50. The summed E-state index contributed by atoms with van der Waals surface area (Å²) in [7, 11) is 3.56. The van der Waals surface area contributed by atoms with E-state index >= 15 is 0 Å². The van der Waals surface area contributed by atoms with Crippen LogP contribution >= 0.6 is 0 Å². The summed E-state index contributed by atoms with van der Waals surface area (Å²) in [4.78, 5) is 27.0. The maximum Gasteiger partial charge on any atom is 0.412 e. The number of rotatable bonds is 3. The number of carbonyl (C=O) groups is 2. The number of hydrogen-bond acceptors (Lipinski definition) is 4. The number of carbonyl (C=O) groups excluding carboxylic acids is 2. The van der Waals surface area contributed by atoms with Crippen molar-refractivity contribution >= 4 is 12.0 Å². The second-order valence-corrected chi connectivity index (χ2v) is 11.0. The van der Waals surface area contributed by atoms with Crippen molar-refractivity contribution in [2.45, 2.75) is 64.5 Å². The van der Waals surface area contributed by atoms with E-state index in [4.69, 9.17) is 9.47 Å². The van der Waals surface area contributed by atoms with Crippen molar-refractivity contribution in [3.05, 3.63) is 36.4 Å². The van der Waals surface area contributed by atoms with Gasteiger partial charge in [-0.2, -0.15) is 0 Å². The molecule has 1 aromatic rings. The number of ether oxygens (including phenoxy) is 2. The molecule has 3 aliphatic carbocycles. The van der Waals surface area contributed by atoms with E-state index < -0.39 is 0 Å². The lowest BCUT2D eigenvalue weighted by molar-refractivity contribution is -0.138. The molecule has 6 nitrogen and oxygen atoms in total. The van der Waals surface area contributed by atoms with E-state index in [0.29, 0.717) is 35.3 Å². The van der Waals surface area contributed by atoms with E-state index in [1.807, 2.05) is 24.1 Å². The highest BCUT2D eigenvalue weighted by Crippen LogP contribution is 2.63. The normalized spacial score (nSPS) is 39.3. The van der Waals surface area contributed by atoms with Crippen LogP contribution in [0.25, 0.3) is 0 Å². The number of fused-ring (bicyclic) bond motifs is 5. The molecule has 7 atom stereocenters. The van der Waals surface area contributed by atoms with E-state index in [9.17, 15) is 9.59 Å². The average Bonchev–Trinajstić information content (AvgIpc) is 3.13. The first-order valence-corrected chi connectivity index (χ1v) is 12.3. The molecule has 5 rings (SSSR count). The smallest absolute Gasteiger partial charge is 0.412 e. The number of likely N-dealkylation sites (N-methyl/N-ethyl adjacent to an activating group) is 1. The molecule has 1 heterocycles. The van der Waals surface area contributed by atoms with Crippen LogP contribution in [-0.2, 0) is 4.79 Å². The number of nitrogens with zero attached hydrogens (tertiary/aromatic N) is 1. The van der Waals surface area contributed by atoms with Crippen LogP contribution in [0.5, 0.6) is 11.5 Å². The van der Waals surface area contributed by atoms with Gasteiger partial charge in [0.2, 0.25) is 5.91 Å². The molecule has 6 heteroatoms. The molecule has 178 valence electrons. The molecule has 0 radical (unpaired) electrons. The zero-order valence-electron chi connectivity index (χ0n) is 20.2. The third-order valence-corrected chi connectivity index (χ3v) is 9.67. The topological polar surface area (TPSA) is 67.9 Å². The third kappa shape index (κ3) is 3.53. The van der Waals surface area contributed by atoms with Gasteiger partial charge in [0.05, 0.1) is 7.11 Å². The molecule has 3 fully saturated rings. The lowest BCUT2D eigenvalue weighted by atomic mass is 9.48. The maximum atomic E-state index is 12.8. The van der Waals surface area contributed by atoms with Gasteiger partial charge in [-0.3, -0.25) is 4.79 Å². The Balaban J connectivity index is 1.30. The molecule has 1 N–H and O–H groups in total. The van der Waals surface area contributed by atoms with Gasteiger partial charge in [-0.05, 0) is 79.9 Å². The van der Waals surface area contributed by atoms with Gasteiger partial charge in [0.15, 0.2) is 0 Å². The summed E-state index contributed by atoms with van der Waals surface area (Å²) in [5.74, 6) is 3.11. The van der Waals surface area contributed by atoms with Crippen LogP contribution < -0.4 is 14.8 Å². The predicted octanol–water partition coefficient (Wildman–Crippen LogP) is 4.79. The van der Waals surface area contributed by atoms with Crippen molar-refractivity contribution in [3.63, 3.8) is 0 Å². The van der Waals surface area contributed by atoms with Crippen molar-refractivity contribution in [2.75, 3.05) is 14.2 Å². The quantitative estimate of drug-likeness (QED) is 0.716. The summed E-state index contributed by atoms with van der Waals surface area (Å²) >= 11 is 0. The number of hydrogen-bond donors (Lipinski definition) is 1. The summed E-state index contributed by atoms with van der Waals surface area (Å²) in [6, 6.07) is 7.56. The SMILES string of the molecule is COc1cccc(OC(=O)N[C@H]2CC[C@H]3[C@@H]4CC[C@H]5N(C)C(=O)C=C[C@]5(C)[C@H]4CC[C@]23C)c1. The Kier molecular flexibility index (Phi) is 5.45. The molecular formula is C27H36N2O4. The summed E-state index contributed by atoms with van der Waals surface area (Å²) in [5, 5.41) is 3.21. The third-order valence-electron chi connectivity index (χ3n) is 9.67. The fourth-order valence-corrected chi connectivity index (χ4v) is 7.92. The Morgan fingerprint density at radius 2 is 1.88 bits per heavy atom. The molecule has 0 unspecified atom stereocenters. The summed E-state index contributed by atoms with van der Waals surface area (Å²) in [6.07, 6.45) is 10.2. The minimum Gasteiger partial charge on any atom is -0.497 e. The average molecular weight is 453 g/mol. The molecule has 0 saturated heterocycles. The van der Waals surface area contributed by atoms with Crippen LogP contribution in [0.15, 0.2) is 36.4 Å². The van der Waals surface area contributed by atoms with Crippen molar-refractivity contribution in [1.29, 1.82) is 0 Å². The molecule has 3 saturated carbocycles. The van der Waals surface area contributed by atoms with Crippen LogP contribution in [0.4, 0.5) is 4.79 Å². The molecule has 33 heavy (non-hydrogen) atoms. The van der Waals surface area contributed by atoms with Gasteiger partial charge in [0.1, 0.15) is 11.5 Å². The monoisotopic (exact) mass is 452 g/mol. The molecule has 4 aliphatic rings. The summed E-state index contributed by atoms with van der Waals surface area (Å²) in [5.41, 5.74) is 0.127. The van der Waals surface area contributed by atoms with Gasteiger partial charge in [-0.25, -0.2) is 4.79 Å². The van der Waals surface area contributed by atoms with Gasteiger partial charge in [0, 0.05) is 30.6 Å². The van der Waals surface area contributed by atoms with Crippen molar-refractivity contribution in [1.82, 2.24) is 10.2 Å². The van der Waals surface area contributed by atoms with E-state index in [0.717, 1.165) is 38.5 Å². The lowest BCUT2D eigenvalue weighted by Gasteiger charge is -2.60. The Morgan fingerprint density at radius 3 is 2.67 bits per heavy atom. The van der Waals surface area contributed by atoms with E-state index in [2.05, 4.69) is 25.2 Å². The molecule has 1 aromatic carbocycles. The Morgan fingerprint density at radius 1 is 1.09 bits per heavy atom. The first kappa shape index (κ1) is 22.3. The first-order valence-electron chi connectivity index (χ1n) is 12.3. The molecule has 0 bridgehead atoms. The molecule has 1 aliphatic heterocycles. The molecular weight excluding hydrogens is 416 g/mol. The Bertz CT molecular complexity index is 977. The fraction of sp³-hybridized carbons (Fsp3) is 0.630. The second-order valence-electron chi connectivity index (χ2n) is 11.0. The van der Waals surface area contributed by atoms with E-state index in [1.54, 1.807) is 25.3 Å². The van der Waals surface area contributed by atoms with Crippen molar-refractivity contribution in [3.8, 4) is 11.5 Å². The predicted molar refractivity (Wildman–Crippen MR) is 126 cm³/mol. The fourth-order valence-electron chi connectivity index (χ4n) is 7.92. The van der Waals surface area contributed by atoms with Gasteiger partial charge < -0.3 is 19.7 Å². The molecule has 0 aromatic heterocycles. The standard InChI is InChI=1S/C27H36N2O4/c1-26-14-12-21-19(8-11-23-27(21,2)15-13-24(30)29(23)3)20(26)9-10-22(26)28-25(31)33-18-7-5-6-17(16-18)32-4/h5-7,13,15-16,19-23H,8-12,14H2,1-4H3,(H,28,31)/t19-,20-,21-,22-,23+,26-,27+/m0/s1. The highest BCUT2D eigenvalue weighted by Gasteiger charge is 2.60. The zero-order chi connectivity index (χ0) is 23.4.